The lowest BCUT2D eigenvalue weighted by Gasteiger charge is -2.24. The second-order valence-electron chi connectivity index (χ2n) is 4.44. The minimum Gasteiger partial charge on any atom is -0.367 e. The van der Waals surface area contributed by atoms with Crippen molar-refractivity contribution in [3.05, 3.63) is 23.9 Å². The summed E-state index contributed by atoms with van der Waals surface area (Å²) in [5.41, 5.74) is -0.0513. The lowest BCUT2D eigenvalue weighted by molar-refractivity contribution is 0.378. The van der Waals surface area contributed by atoms with Gasteiger partial charge in [-0.3, -0.25) is 0 Å². The monoisotopic (exact) mass is 248 g/mol. The van der Waals surface area contributed by atoms with Gasteiger partial charge in [-0.2, -0.15) is 0 Å². The predicted molar refractivity (Wildman–Crippen MR) is 61.8 cm³/mol. The molecule has 0 atom stereocenters. The van der Waals surface area contributed by atoms with Crippen molar-refractivity contribution in [3.63, 3.8) is 0 Å². The molecular formula is C11H15ClF2N2. The van der Waals surface area contributed by atoms with Crippen LogP contribution in [0.2, 0.25) is 0 Å². The first-order valence-electron chi connectivity index (χ1n) is 5.05. The molecule has 0 aliphatic rings. The quantitative estimate of drug-likeness (QED) is 0.808. The van der Waals surface area contributed by atoms with E-state index in [1.165, 1.54) is 0 Å². The molecule has 0 fully saturated rings. The number of aromatic nitrogens is 1. The largest absolute Gasteiger partial charge is 0.367 e. The van der Waals surface area contributed by atoms with Crippen molar-refractivity contribution in [2.24, 2.45) is 5.41 Å². The Labute approximate surface area is 99.0 Å². The molecule has 5 heteroatoms. The van der Waals surface area contributed by atoms with E-state index in [4.69, 9.17) is 11.6 Å². The number of pyridine rings is 1. The third-order valence-corrected chi connectivity index (χ3v) is 2.50. The van der Waals surface area contributed by atoms with E-state index in [1.54, 1.807) is 0 Å². The predicted octanol–water partition coefficient (Wildman–Crippen LogP) is 3.43. The molecular weight excluding hydrogens is 234 g/mol. The Kier molecular flexibility index (Phi) is 4.47. The minimum absolute atomic E-state index is 0.0513. The first-order chi connectivity index (χ1) is 7.44. The summed E-state index contributed by atoms with van der Waals surface area (Å²) in [6.45, 7) is 4.57. The lowest BCUT2D eigenvalue weighted by atomic mass is 9.90. The van der Waals surface area contributed by atoms with Crippen LogP contribution in [0.1, 0.15) is 20.3 Å². The second-order valence-corrected chi connectivity index (χ2v) is 4.82. The molecule has 0 unspecified atom stereocenters. The van der Waals surface area contributed by atoms with Crippen molar-refractivity contribution in [3.8, 4) is 0 Å². The van der Waals surface area contributed by atoms with Crippen molar-refractivity contribution in [2.75, 3.05) is 17.7 Å². The Balaban J connectivity index is 2.61. The first-order valence-corrected chi connectivity index (χ1v) is 5.59. The zero-order valence-electron chi connectivity index (χ0n) is 9.36. The summed E-state index contributed by atoms with van der Waals surface area (Å²) in [6.07, 6.45) is 1.80. The van der Waals surface area contributed by atoms with Crippen LogP contribution in [0.25, 0.3) is 0 Å². The average molecular weight is 249 g/mol. The van der Waals surface area contributed by atoms with E-state index in [2.05, 4.69) is 10.3 Å². The maximum Gasteiger partial charge on any atom is 0.168 e. The second kappa shape index (κ2) is 5.43. The number of hydrogen-bond acceptors (Lipinski definition) is 2. The minimum atomic E-state index is -0.679. The third kappa shape index (κ3) is 3.93. The molecule has 0 radical (unpaired) electrons. The van der Waals surface area contributed by atoms with Crippen LogP contribution in [0.15, 0.2) is 12.3 Å². The van der Waals surface area contributed by atoms with E-state index in [1.807, 2.05) is 13.8 Å². The van der Waals surface area contributed by atoms with E-state index < -0.39 is 11.6 Å². The smallest absolute Gasteiger partial charge is 0.168 e. The van der Waals surface area contributed by atoms with Gasteiger partial charge >= 0.3 is 0 Å². The number of nitrogens with zero attached hydrogens (tertiary/aromatic N) is 1. The molecule has 0 aliphatic carbocycles. The molecule has 0 bridgehead atoms. The summed E-state index contributed by atoms with van der Waals surface area (Å²) < 4.78 is 25.8. The topological polar surface area (TPSA) is 24.9 Å². The first kappa shape index (κ1) is 13.2. The SMILES string of the molecule is CC(C)(CCCl)CNc1ncc(F)cc1F. The van der Waals surface area contributed by atoms with Crippen LogP contribution in [-0.4, -0.2) is 17.4 Å². The standard InChI is InChI=1S/C11H15ClF2N2/c1-11(2,3-4-12)7-16-10-9(14)5-8(13)6-15-10/h5-6H,3-4,7H2,1-2H3,(H,15,16). The molecule has 1 aromatic heterocycles. The molecule has 0 spiro atoms. The van der Waals surface area contributed by atoms with Gasteiger partial charge in [0.05, 0.1) is 6.20 Å². The highest BCUT2D eigenvalue weighted by molar-refractivity contribution is 6.17. The van der Waals surface area contributed by atoms with Gasteiger partial charge in [-0.25, -0.2) is 13.8 Å². The van der Waals surface area contributed by atoms with Crippen LogP contribution in [0.4, 0.5) is 14.6 Å². The van der Waals surface area contributed by atoms with Crippen LogP contribution in [-0.2, 0) is 0 Å². The molecule has 1 aromatic rings. The van der Waals surface area contributed by atoms with E-state index in [0.717, 1.165) is 18.7 Å². The van der Waals surface area contributed by atoms with Gasteiger partial charge in [0.1, 0.15) is 5.82 Å². The summed E-state index contributed by atoms with van der Waals surface area (Å²) in [5, 5.41) is 2.85. The maximum absolute atomic E-state index is 13.2. The Morgan fingerprint density at radius 2 is 2.12 bits per heavy atom. The highest BCUT2D eigenvalue weighted by Crippen LogP contribution is 2.22. The number of nitrogens with one attached hydrogen (secondary N) is 1. The molecule has 1 rings (SSSR count). The van der Waals surface area contributed by atoms with Crippen LogP contribution < -0.4 is 5.32 Å². The highest BCUT2D eigenvalue weighted by atomic mass is 35.5. The van der Waals surface area contributed by atoms with E-state index >= 15 is 0 Å². The number of halogens is 3. The van der Waals surface area contributed by atoms with Crippen LogP contribution >= 0.6 is 11.6 Å². The fourth-order valence-electron chi connectivity index (χ4n) is 1.21. The number of hydrogen-bond donors (Lipinski definition) is 1. The Morgan fingerprint density at radius 1 is 1.44 bits per heavy atom. The molecule has 16 heavy (non-hydrogen) atoms. The number of rotatable bonds is 5. The van der Waals surface area contributed by atoms with Crippen LogP contribution in [0, 0.1) is 17.0 Å². The molecule has 1 heterocycles. The van der Waals surface area contributed by atoms with Gasteiger partial charge in [-0.1, -0.05) is 13.8 Å². The molecule has 1 N–H and O–H groups in total. The van der Waals surface area contributed by atoms with Gasteiger partial charge in [0, 0.05) is 18.5 Å². The van der Waals surface area contributed by atoms with Crippen molar-refractivity contribution in [2.45, 2.75) is 20.3 Å². The zero-order chi connectivity index (χ0) is 12.2. The van der Waals surface area contributed by atoms with E-state index in [-0.39, 0.29) is 11.2 Å². The highest BCUT2D eigenvalue weighted by Gasteiger charge is 2.17. The summed E-state index contributed by atoms with van der Waals surface area (Å²) >= 11 is 5.65. The lowest BCUT2D eigenvalue weighted by Crippen LogP contribution is -2.24. The fourth-order valence-corrected chi connectivity index (χ4v) is 1.72. The molecule has 0 amide bonds. The van der Waals surface area contributed by atoms with Gasteiger partial charge in [-0.15, -0.1) is 11.6 Å². The zero-order valence-corrected chi connectivity index (χ0v) is 10.1. The van der Waals surface area contributed by atoms with Gasteiger partial charge in [-0.05, 0) is 11.8 Å². The van der Waals surface area contributed by atoms with Crippen molar-refractivity contribution >= 4 is 17.4 Å². The van der Waals surface area contributed by atoms with Gasteiger partial charge < -0.3 is 5.32 Å². The Morgan fingerprint density at radius 3 is 2.69 bits per heavy atom. The van der Waals surface area contributed by atoms with Crippen molar-refractivity contribution < 1.29 is 8.78 Å². The Hall–Kier alpha value is -0.900. The summed E-state index contributed by atoms with van der Waals surface area (Å²) in [4.78, 5) is 3.65. The van der Waals surface area contributed by atoms with E-state index in [0.29, 0.717) is 12.4 Å². The van der Waals surface area contributed by atoms with Crippen LogP contribution in [0.3, 0.4) is 0 Å². The third-order valence-electron chi connectivity index (χ3n) is 2.31. The number of anilines is 1. The summed E-state index contributed by atoms with van der Waals surface area (Å²) in [6, 6.07) is 0.809. The Bertz CT molecular complexity index is 356. The normalized spacial score (nSPS) is 11.6. The van der Waals surface area contributed by atoms with Gasteiger partial charge in [0.15, 0.2) is 11.6 Å². The maximum atomic E-state index is 13.2. The van der Waals surface area contributed by atoms with Gasteiger partial charge in [0.2, 0.25) is 0 Å². The summed E-state index contributed by atoms with van der Waals surface area (Å²) in [7, 11) is 0. The fraction of sp³-hybridized carbons (Fsp3) is 0.545. The molecule has 90 valence electrons. The molecule has 0 saturated carbocycles. The molecule has 0 saturated heterocycles. The average Bonchev–Trinajstić information content (AvgIpc) is 2.16. The van der Waals surface area contributed by atoms with Crippen LogP contribution in [0.5, 0.6) is 0 Å². The van der Waals surface area contributed by atoms with E-state index in [9.17, 15) is 8.78 Å². The van der Waals surface area contributed by atoms with Gasteiger partial charge in [0.25, 0.3) is 0 Å². The molecule has 2 nitrogen and oxygen atoms in total. The molecule has 0 aliphatic heterocycles. The molecule has 0 aromatic carbocycles. The van der Waals surface area contributed by atoms with Crippen molar-refractivity contribution in [1.29, 1.82) is 0 Å². The summed E-state index contributed by atoms with van der Waals surface area (Å²) in [5.74, 6) is -0.734. The van der Waals surface area contributed by atoms with Crippen molar-refractivity contribution in [1.82, 2.24) is 4.98 Å². The number of alkyl halides is 1.